The number of nitrogens with zero attached hydrogens (tertiary/aromatic N) is 3. The van der Waals surface area contributed by atoms with E-state index in [1.807, 2.05) is 17.5 Å². The lowest BCUT2D eigenvalue weighted by Crippen LogP contribution is -2.23. The van der Waals surface area contributed by atoms with E-state index in [2.05, 4.69) is 30.8 Å². The van der Waals surface area contributed by atoms with Gasteiger partial charge in [-0.15, -0.1) is 11.3 Å². The Hall–Kier alpha value is -3.70. The van der Waals surface area contributed by atoms with E-state index in [1.165, 1.54) is 17.4 Å². The quantitative estimate of drug-likeness (QED) is 0.365. The molecule has 2 amide bonds. The summed E-state index contributed by atoms with van der Waals surface area (Å²) >= 11 is 7.22. The van der Waals surface area contributed by atoms with Crippen molar-refractivity contribution in [1.82, 2.24) is 25.5 Å². The van der Waals surface area contributed by atoms with Crippen molar-refractivity contribution in [2.75, 3.05) is 5.32 Å². The third kappa shape index (κ3) is 4.79. The number of amides is 2. The lowest BCUT2D eigenvalue weighted by atomic mass is 10.2. The molecule has 3 aromatic heterocycles. The molecule has 0 fully saturated rings. The fourth-order valence-corrected chi connectivity index (χ4v) is 3.71. The Morgan fingerprint density at radius 3 is 2.75 bits per heavy atom. The fourth-order valence-electron chi connectivity index (χ4n) is 2.66. The summed E-state index contributed by atoms with van der Waals surface area (Å²) < 4.78 is 26.6. The summed E-state index contributed by atoms with van der Waals surface area (Å²) in [6.45, 7) is 0.181. The number of thiazole rings is 1. The number of rotatable bonds is 6. The van der Waals surface area contributed by atoms with Gasteiger partial charge in [0.15, 0.2) is 17.5 Å². The highest BCUT2D eigenvalue weighted by Crippen LogP contribution is 2.23. The highest BCUT2D eigenvalue weighted by molar-refractivity contribution is 7.13. The van der Waals surface area contributed by atoms with Gasteiger partial charge < -0.3 is 10.6 Å². The summed E-state index contributed by atoms with van der Waals surface area (Å²) in [4.78, 5) is 33.1. The van der Waals surface area contributed by atoms with Gasteiger partial charge in [0, 0.05) is 29.4 Å². The molecule has 0 radical (unpaired) electrons. The van der Waals surface area contributed by atoms with E-state index in [1.54, 1.807) is 12.4 Å². The number of carbonyl (C=O) groups is 2. The third-order valence-electron chi connectivity index (χ3n) is 4.21. The Labute approximate surface area is 188 Å². The Balaban J connectivity index is 1.36. The Bertz CT molecular complexity index is 1290. The first-order valence-electron chi connectivity index (χ1n) is 9.05. The molecule has 4 rings (SSSR count). The second kappa shape index (κ2) is 9.20. The van der Waals surface area contributed by atoms with Gasteiger partial charge in [-0.1, -0.05) is 11.6 Å². The summed E-state index contributed by atoms with van der Waals surface area (Å²) in [6.07, 6.45) is 3.38. The number of hydrogen-bond acceptors (Lipinski definition) is 6. The Kier molecular flexibility index (Phi) is 6.19. The minimum atomic E-state index is -1.21. The van der Waals surface area contributed by atoms with Crippen LogP contribution in [-0.2, 0) is 6.54 Å². The van der Waals surface area contributed by atoms with Gasteiger partial charge in [0.05, 0.1) is 22.8 Å². The molecule has 3 N–H and O–H groups in total. The number of aromatic nitrogens is 4. The molecule has 12 heteroatoms. The topological polar surface area (TPSA) is 113 Å². The van der Waals surface area contributed by atoms with Gasteiger partial charge >= 0.3 is 0 Å². The van der Waals surface area contributed by atoms with Crippen LogP contribution in [-0.4, -0.2) is 32.0 Å². The SMILES string of the molecule is O=C(NCc1csc(-c2cccnc2)n1)c1cc(NC(=O)c2cc(F)c(F)cc2Cl)n[nH]1. The van der Waals surface area contributed by atoms with Gasteiger partial charge in [-0.05, 0) is 24.3 Å². The van der Waals surface area contributed by atoms with E-state index < -0.39 is 23.4 Å². The molecule has 0 aliphatic carbocycles. The van der Waals surface area contributed by atoms with Crippen LogP contribution in [0.15, 0.2) is 48.1 Å². The number of aromatic amines is 1. The van der Waals surface area contributed by atoms with E-state index in [-0.39, 0.29) is 28.6 Å². The van der Waals surface area contributed by atoms with E-state index in [9.17, 15) is 18.4 Å². The molecular formula is C20H13ClF2N6O2S. The van der Waals surface area contributed by atoms with Crippen molar-refractivity contribution in [3.63, 3.8) is 0 Å². The van der Waals surface area contributed by atoms with Gasteiger partial charge in [0.25, 0.3) is 11.8 Å². The molecule has 0 aliphatic heterocycles. The van der Waals surface area contributed by atoms with E-state index >= 15 is 0 Å². The summed E-state index contributed by atoms with van der Waals surface area (Å²) in [6, 6.07) is 6.38. The van der Waals surface area contributed by atoms with Crippen LogP contribution in [0.3, 0.4) is 0 Å². The van der Waals surface area contributed by atoms with Gasteiger partial charge in [-0.25, -0.2) is 13.8 Å². The zero-order valence-electron chi connectivity index (χ0n) is 16.0. The largest absolute Gasteiger partial charge is 0.345 e. The average molecular weight is 475 g/mol. The number of nitrogens with one attached hydrogen (secondary N) is 3. The van der Waals surface area contributed by atoms with Crippen molar-refractivity contribution in [2.24, 2.45) is 0 Å². The number of anilines is 1. The van der Waals surface area contributed by atoms with Crippen LogP contribution in [0.5, 0.6) is 0 Å². The summed E-state index contributed by atoms with van der Waals surface area (Å²) in [5.74, 6) is -3.65. The normalized spacial score (nSPS) is 10.7. The van der Waals surface area contributed by atoms with E-state index in [4.69, 9.17) is 11.6 Å². The summed E-state index contributed by atoms with van der Waals surface area (Å²) in [5.41, 5.74) is 1.36. The van der Waals surface area contributed by atoms with Crippen molar-refractivity contribution in [1.29, 1.82) is 0 Å². The summed E-state index contributed by atoms with van der Waals surface area (Å²) in [5, 5.41) is 13.7. The fraction of sp³-hybridized carbons (Fsp3) is 0.0500. The van der Waals surface area contributed by atoms with Crippen molar-refractivity contribution >= 4 is 40.6 Å². The number of halogens is 3. The molecule has 4 aromatic rings. The monoisotopic (exact) mass is 474 g/mol. The van der Waals surface area contributed by atoms with Crippen molar-refractivity contribution in [3.05, 3.63) is 81.7 Å². The van der Waals surface area contributed by atoms with Crippen LogP contribution >= 0.6 is 22.9 Å². The molecule has 0 bridgehead atoms. The molecule has 0 aliphatic rings. The molecule has 0 unspecified atom stereocenters. The van der Waals surface area contributed by atoms with Gasteiger partial charge in [-0.3, -0.25) is 19.7 Å². The lowest BCUT2D eigenvalue weighted by Gasteiger charge is -2.05. The molecule has 0 saturated heterocycles. The average Bonchev–Trinajstić information content (AvgIpc) is 3.45. The number of carbonyl (C=O) groups excluding carboxylic acids is 2. The van der Waals surface area contributed by atoms with Crippen LogP contribution in [0, 0.1) is 11.6 Å². The van der Waals surface area contributed by atoms with Gasteiger partial charge in [0.2, 0.25) is 0 Å². The van der Waals surface area contributed by atoms with Crippen LogP contribution in [0.2, 0.25) is 5.02 Å². The maximum Gasteiger partial charge on any atom is 0.269 e. The maximum absolute atomic E-state index is 13.4. The Morgan fingerprint density at radius 2 is 1.97 bits per heavy atom. The molecule has 1 aromatic carbocycles. The van der Waals surface area contributed by atoms with E-state index in [0.717, 1.165) is 10.6 Å². The predicted molar refractivity (Wildman–Crippen MR) is 114 cm³/mol. The molecule has 0 spiro atoms. The van der Waals surface area contributed by atoms with Crippen LogP contribution in [0.25, 0.3) is 10.6 Å². The molecule has 3 heterocycles. The Morgan fingerprint density at radius 1 is 1.16 bits per heavy atom. The first-order valence-corrected chi connectivity index (χ1v) is 10.3. The molecular weight excluding hydrogens is 462 g/mol. The molecule has 0 atom stereocenters. The number of pyridine rings is 1. The molecule has 0 saturated carbocycles. The van der Waals surface area contributed by atoms with Crippen LogP contribution in [0.1, 0.15) is 26.5 Å². The van der Waals surface area contributed by atoms with Crippen molar-refractivity contribution in [2.45, 2.75) is 6.54 Å². The third-order valence-corrected chi connectivity index (χ3v) is 5.46. The highest BCUT2D eigenvalue weighted by atomic mass is 35.5. The zero-order chi connectivity index (χ0) is 22.7. The first kappa shape index (κ1) is 21.5. The number of H-pyrrole nitrogens is 1. The minimum absolute atomic E-state index is 0.00784. The van der Waals surface area contributed by atoms with Crippen molar-refractivity contribution < 1.29 is 18.4 Å². The number of hydrogen-bond donors (Lipinski definition) is 3. The predicted octanol–water partition coefficient (Wildman–Crippen LogP) is 4.04. The van der Waals surface area contributed by atoms with Gasteiger partial charge in [0.1, 0.15) is 10.7 Å². The first-order chi connectivity index (χ1) is 15.4. The second-order valence-electron chi connectivity index (χ2n) is 6.44. The smallest absolute Gasteiger partial charge is 0.269 e. The zero-order valence-corrected chi connectivity index (χ0v) is 17.6. The van der Waals surface area contributed by atoms with Crippen LogP contribution in [0.4, 0.5) is 14.6 Å². The standard InChI is InChI=1S/C20H13ClF2N6O2S/c21-13-5-15(23)14(22)4-12(13)18(30)27-17-6-16(28-29-17)19(31)25-8-11-9-32-20(26-11)10-2-1-3-24-7-10/h1-7,9H,8H2,(H,25,31)(H2,27,28,29,30). The minimum Gasteiger partial charge on any atom is -0.345 e. The number of benzene rings is 1. The lowest BCUT2D eigenvalue weighted by molar-refractivity contribution is 0.0944. The molecule has 162 valence electrons. The summed E-state index contributed by atoms with van der Waals surface area (Å²) in [7, 11) is 0. The highest BCUT2D eigenvalue weighted by Gasteiger charge is 2.17. The molecule has 32 heavy (non-hydrogen) atoms. The second-order valence-corrected chi connectivity index (χ2v) is 7.70. The van der Waals surface area contributed by atoms with Crippen LogP contribution < -0.4 is 10.6 Å². The van der Waals surface area contributed by atoms with Crippen molar-refractivity contribution in [3.8, 4) is 10.6 Å². The van der Waals surface area contributed by atoms with E-state index in [0.29, 0.717) is 17.8 Å². The maximum atomic E-state index is 13.4. The van der Waals surface area contributed by atoms with Gasteiger partial charge in [-0.2, -0.15) is 5.10 Å². The molecule has 8 nitrogen and oxygen atoms in total.